The number of epoxide rings is 1. The summed E-state index contributed by atoms with van der Waals surface area (Å²) in [7, 11) is 0. The molecule has 3 heterocycles. The predicted octanol–water partition coefficient (Wildman–Crippen LogP) is 4.10. The molecule has 0 unspecified atom stereocenters. The second kappa shape index (κ2) is 9.69. The molecule has 0 aromatic carbocycles. The van der Waals surface area contributed by atoms with E-state index in [2.05, 4.69) is 20.4 Å². The first-order valence-corrected chi connectivity index (χ1v) is 15.7. The van der Waals surface area contributed by atoms with E-state index in [-0.39, 0.29) is 5.92 Å². The van der Waals surface area contributed by atoms with Crippen LogP contribution in [0.3, 0.4) is 0 Å². The van der Waals surface area contributed by atoms with Crippen molar-refractivity contribution in [3.63, 3.8) is 0 Å². The van der Waals surface area contributed by atoms with Crippen LogP contribution in [0.5, 0.6) is 0 Å². The van der Waals surface area contributed by atoms with Crippen LogP contribution >= 0.6 is 0 Å². The number of carbonyl (C=O) groups is 1. The van der Waals surface area contributed by atoms with Crippen molar-refractivity contribution in [3.8, 4) is 0 Å². The number of hydrogen-bond acceptors (Lipinski definition) is 8. The average Bonchev–Trinajstić information content (AvgIpc) is 3.56. The maximum atomic E-state index is 13.5. The van der Waals surface area contributed by atoms with Gasteiger partial charge in [-0.3, -0.25) is 4.79 Å². The molecule has 224 valence electrons. The largest absolute Gasteiger partial charge is 0.393 e. The smallest absolute Gasteiger partial charge is 0.284 e. The van der Waals surface area contributed by atoms with Gasteiger partial charge in [0.05, 0.1) is 12.2 Å². The van der Waals surface area contributed by atoms with Gasteiger partial charge in [0.25, 0.3) is 5.97 Å². The van der Waals surface area contributed by atoms with Gasteiger partial charge >= 0.3 is 0 Å². The third-order valence-corrected chi connectivity index (χ3v) is 11.3. The first-order valence-electron chi connectivity index (χ1n) is 15.7. The summed E-state index contributed by atoms with van der Waals surface area (Å²) >= 11 is 0. The third-order valence-electron chi connectivity index (χ3n) is 11.3. The molecule has 3 aliphatic carbocycles. The number of unbranched alkanes of at least 4 members (excludes halogenated alkanes) is 8. The molecule has 40 heavy (non-hydrogen) atoms. The van der Waals surface area contributed by atoms with E-state index < -0.39 is 70.9 Å². The Kier molecular flexibility index (Phi) is 7.02. The van der Waals surface area contributed by atoms with Crippen molar-refractivity contribution in [2.45, 2.75) is 145 Å². The highest BCUT2D eigenvalue weighted by Crippen LogP contribution is 2.73. The van der Waals surface area contributed by atoms with E-state index in [4.69, 9.17) is 18.9 Å². The van der Waals surface area contributed by atoms with Crippen molar-refractivity contribution in [3.05, 3.63) is 23.8 Å². The minimum absolute atomic E-state index is 0.184. The summed E-state index contributed by atoms with van der Waals surface area (Å²) in [6, 6.07) is 0. The number of Topliss-reactive ketones (excluding diaryl/α,β-unsaturated/α-hetero) is 1. The summed E-state index contributed by atoms with van der Waals surface area (Å²) < 4.78 is 26.8. The molecule has 3 bridgehead atoms. The molecule has 0 aromatic heterocycles. The number of carbonyl (C=O) groups excluding carboxylic acids is 1. The second-order valence-corrected chi connectivity index (χ2v) is 13.7. The fraction of sp³-hybridized carbons (Fsp3) is 0.844. The summed E-state index contributed by atoms with van der Waals surface area (Å²) in [5.41, 5.74) is -4.36. The van der Waals surface area contributed by atoms with Crippen molar-refractivity contribution in [1.82, 2.24) is 0 Å². The number of aliphatic hydroxyl groups is 3. The fourth-order valence-corrected chi connectivity index (χ4v) is 9.19. The van der Waals surface area contributed by atoms with E-state index in [0.29, 0.717) is 18.4 Å². The van der Waals surface area contributed by atoms with Gasteiger partial charge in [0.2, 0.25) is 0 Å². The first-order chi connectivity index (χ1) is 19.0. The molecular weight excluding hydrogens is 512 g/mol. The van der Waals surface area contributed by atoms with Crippen LogP contribution in [0.1, 0.15) is 98.3 Å². The van der Waals surface area contributed by atoms with E-state index in [1.54, 1.807) is 13.0 Å². The van der Waals surface area contributed by atoms with Gasteiger partial charge in [-0.1, -0.05) is 77.9 Å². The summed E-state index contributed by atoms with van der Waals surface area (Å²) in [6.45, 7) is 11.7. The SMILES string of the molecule is C=C(C)[C@]12C[C@H](C)[C@@]34O[C@](CCCCCCCCCCC)(O[C@@H]1[C@@H]3[C@@H]1O[C@]1(CO)[C@H](O)[C@]1(O)C(=O)C(C)=C[C@@H]14)O2. The van der Waals surface area contributed by atoms with Gasteiger partial charge in [-0.15, -0.1) is 0 Å². The van der Waals surface area contributed by atoms with Crippen molar-refractivity contribution in [1.29, 1.82) is 0 Å². The summed E-state index contributed by atoms with van der Waals surface area (Å²) in [4.78, 5) is 13.5. The normalized spacial score (nSPS) is 49.8. The maximum Gasteiger partial charge on any atom is 0.284 e. The zero-order valence-corrected chi connectivity index (χ0v) is 24.6. The molecule has 11 atom stereocenters. The molecule has 3 N–H and O–H groups in total. The highest BCUT2D eigenvalue weighted by atomic mass is 16.9. The van der Waals surface area contributed by atoms with E-state index in [0.717, 1.165) is 24.8 Å². The third kappa shape index (κ3) is 3.60. The predicted molar refractivity (Wildman–Crippen MR) is 147 cm³/mol. The van der Waals surface area contributed by atoms with Crippen molar-refractivity contribution in [2.75, 3.05) is 6.61 Å². The molecule has 3 saturated heterocycles. The van der Waals surface area contributed by atoms with Crippen molar-refractivity contribution < 1.29 is 39.1 Å². The van der Waals surface area contributed by atoms with Gasteiger partial charge in [-0.05, 0) is 43.8 Å². The Hall–Kier alpha value is -1.13. The Morgan fingerprint density at radius 1 is 1.05 bits per heavy atom. The van der Waals surface area contributed by atoms with Gasteiger partial charge < -0.3 is 34.3 Å². The highest BCUT2D eigenvalue weighted by Gasteiger charge is 2.88. The Balaban J connectivity index is 1.33. The topological polar surface area (TPSA) is 118 Å². The van der Waals surface area contributed by atoms with Crippen LogP contribution in [-0.2, 0) is 23.7 Å². The highest BCUT2D eigenvalue weighted by molar-refractivity contribution is 6.05. The quantitative estimate of drug-likeness (QED) is 0.186. The van der Waals surface area contributed by atoms with E-state index in [9.17, 15) is 20.1 Å². The van der Waals surface area contributed by atoms with Crippen molar-refractivity contribution in [2.24, 2.45) is 17.8 Å². The molecule has 3 aliphatic heterocycles. The van der Waals surface area contributed by atoms with Gasteiger partial charge in [0, 0.05) is 18.3 Å². The van der Waals surface area contributed by atoms with Crippen LogP contribution in [-0.4, -0.2) is 74.4 Å². The van der Waals surface area contributed by atoms with Crippen molar-refractivity contribution >= 4 is 5.78 Å². The molecule has 0 radical (unpaired) electrons. The summed E-state index contributed by atoms with van der Waals surface area (Å²) in [5, 5.41) is 34.2. The van der Waals surface area contributed by atoms with Crippen LogP contribution in [0.4, 0.5) is 0 Å². The molecular formula is C32H48O8. The average molecular weight is 561 g/mol. The maximum absolute atomic E-state index is 13.5. The lowest BCUT2D eigenvalue weighted by Gasteiger charge is -2.59. The molecule has 2 saturated carbocycles. The molecule has 8 heteroatoms. The Labute approximate surface area is 238 Å². The van der Waals surface area contributed by atoms with E-state index in [1.807, 2.05) is 6.92 Å². The molecule has 0 spiro atoms. The standard InChI is InChI=1S/C32H48O8/c1-6-7-8-9-10-11-12-13-14-15-30-38-25-23-26-29(18-33,37-26)27(35)31(36)22(16-20(4)24(31)34)32(23,40-30)21(5)17-28(25,39-30)19(2)3/h16,21-23,25-27,33,35-36H,2,6-15,17-18H2,1,3-5H3/t21-,22-,23+,25+,26-,27-,28+,29-,30+,31+,32-/m0/s1. The number of aliphatic hydroxyl groups excluding tert-OH is 2. The molecule has 0 aromatic rings. The number of rotatable bonds is 12. The van der Waals surface area contributed by atoms with Crippen LogP contribution < -0.4 is 0 Å². The number of hydrogen-bond donors (Lipinski definition) is 3. The van der Waals surface area contributed by atoms with Crippen LogP contribution in [0.25, 0.3) is 0 Å². The minimum atomic E-state index is -2.18. The zero-order chi connectivity index (χ0) is 28.7. The van der Waals surface area contributed by atoms with Crippen LogP contribution in [0.15, 0.2) is 23.8 Å². The lowest BCUT2D eigenvalue weighted by molar-refractivity contribution is -0.430. The second-order valence-electron chi connectivity index (χ2n) is 13.7. The molecule has 6 aliphatic rings. The molecule has 0 amide bonds. The van der Waals surface area contributed by atoms with Gasteiger partial charge in [0.15, 0.2) is 11.4 Å². The lowest BCUT2D eigenvalue weighted by atomic mass is 9.54. The molecule has 5 fully saturated rings. The number of fused-ring (bicyclic) bond motifs is 3. The van der Waals surface area contributed by atoms with E-state index in [1.165, 1.54) is 38.5 Å². The van der Waals surface area contributed by atoms with Crippen LogP contribution in [0, 0.1) is 17.8 Å². The van der Waals surface area contributed by atoms with E-state index >= 15 is 0 Å². The molecule has 8 nitrogen and oxygen atoms in total. The Bertz CT molecular complexity index is 1090. The van der Waals surface area contributed by atoms with Gasteiger partial charge in [0.1, 0.15) is 29.5 Å². The monoisotopic (exact) mass is 560 g/mol. The van der Waals surface area contributed by atoms with Gasteiger partial charge in [-0.25, -0.2) is 0 Å². The molecule has 6 rings (SSSR count). The minimum Gasteiger partial charge on any atom is -0.393 e. The number of ether oxygens (including phenoxy) is 4. The lowest BCUT2D eigenvalue weighted by Crippen LogP contribution is -2.72. The first kappa shape index (κ1) is 29.0. The number of ketones is 1. The Morgan fingerprint density at radius 3 is 2.33 bits per heavy atom. The summed E-state index contributed by atoms with van der Waals surface area (Å²) in [6.07, 6.45) is 10.7. The Morgan fingerprint density at radius 2 is 1.70 bits per heavy atom. The van der Waals surface area contributed by atoms with Gasteiger partial charge in [-0.2, -0.15) is 0 Å². The van der Waals surface area contributed by atoms with Crippen LogP contribution in [0.2, 0.25) is 0 Å². The fourth-order valence-electron chi connectivity index (χ4n) is 9.19. The summed E-state index contributed by atoms with van der Waals surface area (Å²) in [5.74, 6) is -3.38. The zero-order valence-electron chi connectivity index (χ0n) is 24.6.